The molecule has 1 aromatic carbocycles. The SMILES string of the molecule is O=C(O)[C@@]1(CC2CC2)CN(S(=O)(=O)c2ccccc2F)CC[C@@H]1O. The molecule has 0 amide bonds. The van der Waals surface area contributed by atoms with Gasteiger partial charge in [0, 0.05) is 13.1 Å². The minimum absolute atomic E-state index is 0.0205. The molecule has 6 nitrogen and oxygen atoms in total. The molecule has 1 aliphatic heterocycles. The first-order valence-electron chi connectivity index (χ1n) is 7.93. The van der Waals surface area contributed by atoms with Crippen LogP contribution < -0.4 is 0 Å². The van der Waals surface area contributed by atoms with E-state index in [2.05, 4.69) is 0 Å². The molecule has 1 aromatic rings. The average molecular weight is 357 g/mol. The normalized spacial score (nSPS) is 28.7. The number of benzene rings is 1. The molecule has 2 atom stereocenters. The number of sulfonamides is 1. The van der Waals surface area contributed by atoms with Crippen LogP contribution in [0.25, 0.3) is 0 Å². The molecule has 1 heterocycles. The van der Waals surface area contributed by atoms with Crippen LogP contribution in [0, 0.1) is 17.2 Å². The van der Waals surface area contributed by atoms with Gasteiger partial charge in [-0.15, -0.1) is 0 Å². The van der Waals surface area contributed by atoms with Crippen molar-refractivity contribution in [3.05, 3.63) is 30.1 Å². The van der Waals surface area contributed by atoms with Crippen LogP contribution in [-0.4, -0.2) is 48.1 Å². The van der Waals surface area contributed by atoms with Gasteiger partial charge >= 0.3 is 5.97 Å². The molecule has 24 heavy (non-hydrogen) atoms. The minimum Gasteiger partial charge on any atom is -0.481 e. The fourth-order valence-electron chi connectivity index (χ4n) is 3.38. The Bertz CT molecular complexity index is 749. The van der Waals surface area contributed by atoms with Crippen molar-refractivity contribution in [1.29, 1.82) is 0 Å². The molecule has 132 valence electrons. The standard InChI is InChI=1S/C16H20FNO5S/c17-12-3-1-2-4-13(12)24(22,23)18-8-7-14(19)16(10-18,15(20)21)9-11-5-6-11/h1-4,11,14,19H,5-10H2,(H,20,21)/t14-,16-/m0/s1. The fourth-order valence-corrected chi connectivity index (χ4v) is 4.96. The lowest BCUT2D eigenvalue weighted by Crippen LogP contribution is -2.57. The highest BCUT2D eigenvalue weighted by molar-refractivity contribution is 7.89. The Morgan fingerprint density at radius 1 is 1.29 bits per heavy atom. The third-order valence-electron chi connectivity index (χ3n) is 4.98. The zero-order chi connectivity index (χ0) is 17.5. The maximum atomic E-state index is 13.9. The van der Waals surface area contributed by atoms with E-state index in [-0.39, 0.29) is 31.8 Å². The van der Waals surface area contributed by atoms with Crippen molar-refractivity contribution in [2.45, 2.75) is 36.7 Å². The molecular weight excluding hydrogens is 337 g/mol. The lowest BCUT2D eigenvalue weighted by atomic mass is 9.74. The molecule has 2 N–H and O–H groups in total. The summed E-state index contributed by atoms with van der Waals surface area (Å²) >= 11 is 0. The lowest BCUT2D eigenvalue weighted by Gasteiger charge is -2.42. The summed E-state index contributed by atoms with van der Waals surface area (Å²) in [4.78, 5) is 11.4. The number of piperidine rings is 1. The Morgan fingerprint density at radius 2 is 1.96 bits per heavy atom. The van der Waals surface area contributed by atoms with Crippen LogP contribution in [0.15, 0.2) is 29.2 Å². The van der Waals surface area contributed by atoms with Gasteiger partial charge in [-0.1, -0.05) is 25.0 Å². The topological polar surface area (TPSA) is 94.9 Å². The number of rotatable bonds is 5. The van der Waals surface area contributed by atoms with Crippen LogP contribution in [0.2, 0.25) is 0 Å². The molecule has 2 aliphatic rings. The highest BCUT2D eigenvalue weighted by atomic mass is 32.2. The summed E-state index contributed by atoms with van der Waals surface area (Å²) in [6, 6.07) is 5.03. The molecule has 0 bridgehead atoms. The van der Waals surface area contributed by atoms with Gasteiger partial charge in [0.1, 0.15) is 16.1 Å². The molecule has 1 saturated heterocycles. The summed E-state index contributed by atoms with van der Waals surface area (Å²) in [5, 5.41) is 20.0. The summed E-state index contributed by atoms with van der Waals surface area (Å²) < 4.78 is 40.4. The number of halogens is 1. The molecular formula is C16H20FNO5S. The van der Waals surface area contributed by atoms with Gasteiger partial charge in [0.05, 0.1) is 6.10 Å². The number of carbonyl (C=O) groups is 1. The van der Waals surface area contributed by atoms with E-state index in [0.29, 0.717) is 0 Å². The largest absolute Gasteiger partial charge is 0.481 e. The lowest BCUT2D eigenvalue weighted by molar-refractivity contribution is -0.162. The molecule has 0 radical (unpaired) electrons. The second-order valence-electron chi connectivity index (χ2n) is 6.68. The highest BCUT2D eigenvalue weighted by Crippen LogP contribution is 2.45. The second kappa shape index (κ2) is 6.09. The number of hydrogen-bond donors (Lipinski definition) is 2. The average Bonchev–Trinajstić information content (AvgIpc) is 3.33. The molecule has 0 spiro atoms. The summed E-state index contributed by atoms with van der Waals surface area (Å²) in [7, 11) is -4.15. The van der Waals surface area contributed by atoms with Crippen molar-refractivity contribution in [3.63, 3.8) is 0 Å². The van der Waals surface area contributed by atoms with E-state index in [9.17, 15) is 27.8 Å². The van der Waals surface area contributed by atoms with Crippen molar-refractivity contribution >= 4 is 16.0 Å². The first-order chi connectivity index (χ1) is 11.3. The van der Waals surface area contributed by atoms with Crippen LogP contribution in [-0.2, 0) is 14.8 Å². The molecule has 0 unspecified atom stereocenters. The van der Waals surface area contributed by atoms with Crippen LogP contribution in [0.1, 0.15) is 25.7 Å². The predicted octanol–water partition coefficient (Wildman–Crippen LogP) is 1.45. The van der Waals surface area contributed by atoms with Gasteiger partial charge < -0.3 is 10.2 Å². The predicted molar refractivity (Wildman–Crippen MR) is 83.2 cm³/mol. The number of nitrogens with zero attached hydrogens (tertiary/aromatic N) is 1. The van der Waals surface area contributed by atoms with Crippen LogP contribution >= 0.6 is 0 Å². The van der Waals surface area contributed by atoms with E-state index in [0.717, 1.165) is 23.2 Å². The second-order valence-corrected chi connectivity index (χ2v) is 8.59. The van der Waals surface area contributed by atoms with Crippen molar-refractivity contribution in [2.75, 3.05) is 13.1 Å². The van der Waals surface area contributed by atoms with E-state index in [1.807, 2.05) is 0 Å². The number of hydrogen-bond acceptors (Lipinski definition) is 4. The van der Waals surface area contributed by atoms with Gasteiger partial charge in [0.25, 0.3) is 0 Å². The third kappa shape index (κ3) is 2.94. The van der Waals surface area contributed by atoms with Crippen molar-refractivity contribution in [1.82, 2.24) is 4.31 Å². The van der Waals surface area contributed by atoms with E-state index in [1.54, 1.807) is 0 Å². The molecule has 2 fully saturated rings. The zero-order valence-corrected chi connectivity index (χ0v) is 13.9. The highest BCUT2D eigenvalue weighted by Gasteiger charge is 2.53. The number of aliphatic carboxylic acids is 1. The Morgan fingerprint density at radius 3 is 2.54 bits per heavy atom. The minimum atomic E-state index is -4.15. The summed E-state index contributed by atoms with van der Waals surface area (Å²) in [6.07, 6.45) is 0.936. The first-order valence-corrected chi connectivity index (χ1v) is 9.37. The number of carboxylic acids is 1. The number of aliphatic hydroxyl groups is 1. The number of carboxylic acid groups (broad SMARTS) is 1. The maximum absolute atomic E-state index is 13.9. The Labute approximate surface area is 140 Å². The smallest absolute Gasteiger partial charge is 0.313 e. The monoisotopic (exact) mass is 357 g/mol. The van der Waals surface area contributed by atoms with E-state index >= 15 is 0 Å². The van der Waals surface area contributed by atoms with Gasteiger partial charge in [0.15, 0.2) is 0 Å². The maximum Gasteiger partial charge on any atom is 0.313 e. The summed E-state index contributed by atoms with van der Waals surface area (Å²) in [5.74, 6) is -1.87. The van der Waals surface area contributed by atoms with Crippen molar-refractivity contribution < 1.29 is 27.8 Å². The van der Waals surface area contributed by atoms with Crippen LogP contribution in [0.4, 0.5) is 4.39 Å². The summed E-state index contributed by atoms with van der Waals surface area (Å²) in [5.41, 5.74) is -1.53. The quantitative estimate of drug-likeness (QED) is 0.832. The molecule has 1 aliphatic carbocycles. The van der Waals surface area contributed by atoms with Crippen LogP contribution in [0.3, 0.4) is 0 Å². The van der Waals surface area contributed by atoms with Gasteiger partial charge in [0.2, 0.25) is 10.0 Å². The molecule has 0 aromatic heterocycles. The zero-order valence-electron chi connectivity index (χ0n) is 13.1. The van der Waals surface area contributed by atoms with Crippen molar-refractivity contribution in [2.24, 2.45) is 11.3 Å². The molecule has 8 heteroatoms. The Balaban J connectivity index is 1.94. The van der Waals surface area contributed by atoms with Crippen molar-refractivity contribution in [3.8, 4) is 0 Å². The van der Waals surface area contributed by atoms with Gasteiger partial charge in [-0.3, -0.25) is 4.79 Å². The molecule has 1 saturated carbocycles. The van der Waals surface area contributed by atoms with E-state index in [4.69, 9.17) is 0 Å². The van der Waals surface area contributed by atoms with Gasteiger partial charge in [-0.05, 0) is 30.9 Å². The van der Waals surface area contributed by atoms with Gasteiger partial charge in [-0.2, -0.15) is 4.31 Å². The van der Waals surface area contributed by atoms with E-state index in [1.165, 1.54) is 18.2 Å². The fraction of sp³-hybridized carbons (Fsp3) is 0.562. The third-order valence-corrected chi connectivity index (χ3v) is 6.86. The summed E-state index contributed by atoms with van der Waals surface area (Å²) in [6.45, 7) is -0.367. The Kier molecular flexibility index (Phi) is 4.39. The first kappa shape index (κ1) is 17.3. The number of aliphatic hydroxyl groups excluding tert-OH is 1. The van der Waals surface area contributed by atoms with Gasteiger partial charge in [-0.25, -0.2) is 12.8 Å². The molecule has 3 rings (SSSR count). The van der Waals surface area contributed by atoms with Crippen LogP contribution in [0.5, 0.6) is 0 Å². The van der Waals surface area contributed by atoms with E-state index < -0.39 is 38.2 Å². The Hall–Kier alpha value is -1.51.